The fraction of sp³-hybridized carbons (Fsp3) is 0.286. The van der Waals surface area contributed by atoms with Crippen molar-refractivity contribution in [2.45, 2.75) is 32.2 Å². The van der Waals surface area contributed by atoms with Crippen LogP contribution in [0.2, 0.25) is 0 Å². The quantitative estimate of drug-likeness (QED) is 0.678. The van der Waals surface area contributed by atoms with Gasteiger partial charge in [-0.25, -0.2) is 0 Å². The molecule has 1 aliphatic rings. The monoisotopic (exact) mass is 333 g/mol. The molecule has 1 aliphatic carbocycles. The number of hydrogen-bond acceptors (Lipinski definition) is 2. The second-order valence-corrected chi connectivity index (χ2v) is 6.66. The molecular weight excluding hydrogens is 310 g/mol. The van der Waals surface area contributed by atoms with Gasteiger partial charge in [0.2, 0.25) is 0 Å². The summed E-state index contributed by atoms with van der Waals surface area (Å²) in [6.45, 7) is 3.16. The van der Waals surface area contributed by atoms with Crippen LogP contribution in [-0.4, -0.2) is 23.5 Å². The molecule has 1 aromatic heterocycles. The number of hydrogen-bond donors (Lipinski definition) is 3. The van der Waals surface area contributed by atoms with Crippen LogP contribution >= 0.6 is 0 Å². The van der Waals surface area contributed by atoms with Crippen LogP contribution in [0.3, 0.4) is 0 Å². The summed E-state index contributed by atoms with van der Waals surface area (Å²) in [5, 5.41) is 7.80. The zero-order valence-corrected chi connectivity index (χ0v) is 14.4. The van der Waals surface area contributed by atoms with Gasteiger partial charge in [0, 0.05) is 33.9 Å². The molecule has 1 heterocycles. The van der Waals surface area contributed by atoms with Crippen LogP contribution in [0, 0.1) is 0 Å². The van der Waals surface area contributed by atoms with Crippen LogP contribution in [-0.2, 0) is 12.8 Å². The van der Waals surface area contributed by atoms with Crippen molar-refractivity contribution in [3.63, 3.8) is 0 Å². The summed E-state index contributed by atoms with van der Waals surface area (Å²) in [6, 6.07) is 16.0. The second kappa shape index (κ2) is 6.73. The van der Waals surface area contributed by atoms with E-state index < -0.39 is 0 Å². The normalized spacial score (nSPS) is 16.6. The molecule has 25 heavy (non-hydrogen) atoms. The second-order valence-electron chi connectivity index (χ2n) is 6.66. The molecule has 0 fully saturated rings. The van der Waals surface area contributed by atoms with E-state index in [1.54, 1.807) is 0 Å². The van der Waals surface area contributed by atoms with Crippen molar-refractivity contribution >= 4 is 22.5 Å². The van der Waals surface area contributed by atoms with Gasteiger partial charge in [0.15, 0.2) is 0 Å². The van der Waals surface area contributed by atoms with Gasteiger partial charge in [-0.3, -0.25) is 4.79 Å². The van der Waals surface area contributed by atoms with E-state index in [-0.39, 0.29) is 5.91 Å². The Morgan fingerprint density at radius 1 is 1.20 bits per heavy atom. The van der Waals surface area contributed by atoms with Gasteiger partial charge < -0.3 is 15.6 Å². The number of carbonyl (C=O) groups excluding carboxylic acids is 1. The maximum absolute atomic E-state index is 12.4. The van der Waals surface area contributed by atoms with Crippen LogP contribution in [0.5, 0.6) is 0 Å². The third-order valence-electron chi connectivity index (χ3n) is 4.97. The predicted molar refractivity (Wildman–Crippen MR) is 102 cm³/mol. The number of benzene rings is 2. The summed E-state index contributed by atoms with van der Waals surface area (Å²) in [6.07, 6.45) is 3.29. The summed E-state index contributed by atoms with van der Waals surface area (Å²) >= 11 is 0. The Morgan fingerprint density at radius 3 is 2.84 bits per heavy atom. The van der Waals surface area contributed by atoms with Crippen molar-refractivity contribution in [1.29, 1.82) is 0 Å². The Morgan fingerprint density at radius 2 is 2.04 bits per heavy atom. The lowest BCUT2D eigenvalue weighted by atomic mass is 9.91. The average Bonchev–Trinajstić information content (AvgIpc) is 3.00. The molecule has 0 saturated carbocycles. The number of H-pyrrole nitrogens is 1. The maximum atomic E-state index is 12.4. The van der Waals surface area contributed by atoms with Gasteiger partial charge in [0.05, 0.1) is 0 Å². The van der Waals surface area contributed by atoms with Crippen molar-refractivity contribution in [2.24, 2.45) is 0 Å². The highest BCUT2D eigenvalue weighted by atomic mass is 16.1. The molecule has 2 aromatic carbocycles. The molecule has 4 heteroatoms. The molecule has 4 nitrogen and oxygen atoms in total. The van der Waals surface area contributed by atoms with E-state index in [1.807, 2.05) is 36.4 Å². The lowest BCUT2D eigenvalue weighted by Gasteiger charge is -2.23. The molecule has 128 valence electrons. The highest BCUT2D eigenvalue weighted by Crippen LogP contribution is 2.31. The Bertz CT molecular complexity index is 898. The van der Waals surface area contributed by atoms with E-state index in [1.165, 1.54) is 23.1 Å². The lowest BCUT2D eigenvalue weighted by Crippen LogP contribution is -2.34. The van der Waals surface area contributed by atoms with Crippen molar-refractivity contribution in [3.05, 3.63) is 65.4 Å². The molecule has 3 aromatic rings. The van der Waals surface area contributed by atoms with Gasteiger partial charge in [-0.05, 0) is 61.7 Å². The molecule has 1 amide bonds. The minimum absolute atomic E-state index is 0.0742. The highest BCUT2D eigenvalue weighted by Gasteiger charge is 2.22. The van der Waals surface area contributed by atoms with Crippen molar-refractivity contribution < 1.29 is 4.79 Å². The van der Waals surface area contributed by atoms with Crippen LogP contribution in [0.15, 0.2) is 48.5 Å². The molecule has 0 spiro atoms. The summed E-state index contributed by atoms with van der Waals surface area (Å²) in [5.74, 6) is -0.0742. The predicted octanol–water partition coefficient (Wildman–Crippen LogP) is 3.89. The molecule has 3 N–H and O–H groups in total. The number of fused-ring (bicyclic) bond motifs is 3. The van der Waals surface area contributed by atoms with Crippen molar-refractivity contribution in [1.82, 2.24) is 10.3 Å². The number of aryl methyl sites for hydroxylation is 1. The smallest absolute Gasteiger partial charge is 0.255 e. The SMILES string of the molecule is CCNC1CCc2[nH]c3ccc(NC(=O)c4ccccc4)cc3c2C1. The lowest BCUT2D eigenvalue weighted by molar-refractivity contribution is 0.102. The summed E-state index contributed by atoms with van der Waals surface area (Å²) in [7, 11) is 0. The number of nitrogens with one attached hydrogen (secondary N) is 3. The Kier molecular flexibility index (Phi) is 4.28. The fourth-order valence-electron chi connectivity index (χ4n) is 3.75. The standard InChI is InChI=1S/C21H23N3O/c1-2-22-15-8-10-19-17(12-15)18-13-16(9-11-20(18)24-19)23-21(25)14-6-4-3-5-7-14/h3-7,9,11,13,15,22,24H,2,8,10,12H2,1H3,(H,23,25). The van der Waals surface area contributed by atoms with Gasteiger partial charge in [-0.15, -0.1) is 0 Å². The first kappa shape index (κ1) is 15.9. The van der Waals surface area contributed by atoms with Crippen LogP contribution < -0.4 is 10.6 Å². The van der Waals surface area contributed by atoms with E-state index in [0.29, 0.717) is 11.6 Å². The van der Waals surface area contributed by atoms with Crippen LogP contribution in [0.4, 0.5) is 5.69 Å². The van der Waals surface area contributed by atoms with Gasteiger partial charge in [0.25, 0.3) is 5.91 Å². The van der Waals surface area contributed by atoms with Crippen LogP contribution in [0.25, 0.3) is 10.9 Å². The summed E-state index contributed by atoms with van der Waals surface area (Å²) in [4.78, 5) is 15.9. The minimum Gasteiger partial charge on any atom is -0.358 e. The first-order valence-corrected chi connectivity index (χ1v) is 8.98. The van der Waals surface area contributed by atoms with Crippen molar-refractivity contribution in [2.75, 3.05) is 11.9 Å². The average molecular weight is 333 g/mol. The summed E-state index contributed by atoms with van der Waals surface area (Å²) in [5.41, 5.74) is 5.40. The van der Waals surface area contributed by atoms with Crippen molar-refractivity contribution in [3.8, 4) is 0 Å². The molecule has 0 bridgehead atoms. The van der Waals surface area contributed by atoms with E-state index in [4.69, 9.17) is 0 Å². The third kappa shape index (κ3) is 3.17. The molecule has 1 atom stereocenters. The van der Waals surface area contributed by atoms with E-state index in [9.17, 15) is 4.79 Å². The minimum atomic E-state index is -0.0742. The number of anilines is 1. The first-order chi connectivity index (χ1) is 12.2. The fourth-order valence-corrected chi connectivity index (χ4v) is 3.75. The van der Waals surface area contributed by atoms with E-state index >= 15 is 0 Å². The van der Waals surface area contributed by atoms with Gasteiger partial charge >= 0.3 is 0 Å². The number of aromatic nitrogens is 1. The maximum Gasteiger partial charge on any atom is 0.255 e. The number of carbonyl (C=O) groups is 1. The topological polar surface area (TPSA) is 56.9 Å². The number of likely N-dealkylation sites (N-methyl/N-ethyl adjacent to an activating group) is 1. The Labute approximate surface area is 147 Å². The molecular formula is C21H23N3O. The number of amides is 1. The largest absolute Gasteiger partial charge is 0.358 e. The van der Waals surface area contributed by atoms with E-state index in [2.05, 4.69) is 34.7 Å². The zero-order chi connectivity index (χ0) is 17.2. The van der Waals surface area contributed by atoms with Gasteiger partial charge in [-0.2, -0.15) is 0 Å². The van der Waals surface area contributed by atoms with Gasteiger partial charge in [-0.1, -0.05) is 25.1 Å². The van der Waals surface area contributed by atoms with Crippen LogP contribution in [0.1, 0.15) is 35.0 Å². The Balaban J connectivity index is 1.62. The molecule has 0 saturated heterocycles. The van der Waals surface area contributed by atoms with E-state index in [0.717, 1.165) is 30.6 Å². The molecule has 4 rings (SSSR count). The Hall–Kier alpha value is -2.59. The number of aromatic amines is 1. The zero-order valence-electron chi connectivity index (χ0n) is 14.4. The highest BCUT2D eigenvalue weighted by molar-refractivity contribution is 6.05. The number of rotatable bonds is 4. The molecule has 0 aliphatic heterocycles. The summed E-state index contributed by atoms with van der Waals surface area (Å²) < 4.78 is 0. The van der Waals surface area contributed by atoms with Gasteiger partial charge in [0.1, 0.15) is 0 Å². The first-order valence-electron chi connectivity index (χ1n) is 8.98. The third-order valence-corrected chi connectivity index (χ3v) is 4.97. The molecule has 1 unspecified atom stereocenters. The molecule has 0 radical (unpaired) electrons.